The van der Waals surface area contributed by atoms with E-state index in [1.165, 1.54) is 0 Å². The van der Waals surface area contributed by atoms with Crippen LogP contribution >= 0.6 is 0 Å². The van der Waals surface area contributed by atoms with E-state index in [1.807, 2.05) is 0 Å². The Kier molecular flexibility index (Phi) is 5.10. The summed E-state index contributed by atoms with van der Waals surface area (Å²) in [5.41, 5.74) is -0.148. The molecule has 0 aliphatic heterocycles. The zero-order chi connectivity index (χ0) is 17.2. The Bertz CT molecular complexity index is 444. The smallest absolute Gasteiger partial charge is 0.430 e. The molecule has 1 aliphatic carbocycles. The lowest BCUT2D eigenvalue weighted by molar-refractivity contribution is -0.127. The summed E-state index contributed by atoms with van der Waals surface area (Å²) in [6.45, 7) is 10.3. The zero-order valence-electron chi connectivity index (χ0n) is 14.2. The molecule has 0 aromatic carbocycles. The van der Waals surface area contributed by atoms with Crippen LogP contribution in [0.5, 0.6) is 0 Å². The Balaban J connectivity index is 2.90. The minimum absolute atomic E-state index is 0.478. The number of carbonyl (C=O) groups excluding carboxylic acids is 3. The van der Waals surface area contributed by atoms with E-state index >= 15 is 0 Å². The fraction of sp³-hybridized carbons (Fsp3) is 0.800. The summed E-state index contributed by atoms with van der Waals surface area (Å²) in [7, 11) is 0. The Morgan fingerprint density at radius 2 is 1.55 bits per heavy atom. The van der Waals surface area contributed by atoms with Crippen LogP contribution < -0.4 is 5.43 Å². The Morgan fingerprint density at radius 3 is 1.86 bits per heavy atom. The van der Waals surface area contributed by atoms with Gasteiger partial charge in [0.25, 0.3) is 0 Å². The highest BCUT2D eigenvalue weighted by Gasteiger charge is 2.48. The molecule has 1 aliphatic rings. The maximum atomic E-state index is 12.3. The first-order valence-corrected chi connectivity index (χ1v) is 7.38. The number of aldehydes is 1. The van der Waals surface area contributed by atoms with E-state index in [9.17, 15) is 14.4 Å². The second-order valence-corrected chi connectivity index (χ2v) is 7.50. The number of carbonyl (C=O) groups is 3. The van der Waals surface area contributed by atoms with Crippen LogP contribution in [0.4, 0.5) is 9.59 Å². The van der Waals surface area contributed by atoms with Gasteiger partial charge < -0.3 is 14.3 Å². The maximum absolute atomic E-state index is 12.3. The molecule has 0 bridgehead atoms. The van der Waals surface area contributed by atoms with Crippen LogP contribution in [0.1, 0.15) is 60.8 Å². The number of nitrogens with zero attached hydrogens (tertiary/aromatic N) is 1. The van der Waals surface area contributed by atoms with Gasteiger partial charge in [0, 0.05) is 0 Å². The molecule has 0 spiro atoms. The number of rotatable bonds is 2. The average Bonchev–Trinajstić information content (AvgIpc) is 2.21. The van der Waals surface area contributed by atoms with Crippen molar-refractivity contribution in [1.82, 2.24) is 10.4 Å². The SMILES string of the molecule is CC(C)(C)OC(=O)NN(C(=O)OC(C)(C)C)C1(C=O)CCC1. The maximum Gasteiger partial charge on any atom is 0.430 e. The van der Waals surface area contributed by atoms with Crippen LogP contribution in [0.3, 0.4) is 0 Å². The summed E-state index contributed by atoms with van der Waals surface area (Å²) >= 11 is 0. The predicted molar refractivity (Wildman–Crippen MR) is 80.1 cm³/mol. The van der Waals surface area contributed by atoms with Crippen molar-refractivity contribution >= 4 is 18.5 Å². The molecule has 1 N–H and O–H groups in total. The van der Waals surface area contributed by atoms with Crippen molar-refractivity contribution in [3.8, 4) is 0 Å². The minimum Gasteiger partial charge on any atom is -0.443 e. The Labute approximate surface area is 131 Å². The quantitative estimate of drug-likeness (QED) is 0.626. The number of hydrazine groups is 1. The molecule has 7 nitrogen and oxygen atoms in total. The van der Waals surface area contributed by atoms with Gasteiger partial charge in [0.15, 0.2) is 0 Å². The summed E-state index contributed by atoms with van der Waals surface area (Å²) < 4.78 is 10.4. The van der Waals surface area contributed by atoms with E-state index in [4.69, 9.17) is 9.47 Å². The first kappa shape index (κ1) is 18.3. The highest BCUT2D eigenvalue weighted by molar-refractivity contribution is 5.80. The standard InChI is InChI=1S/C15H26N2O5/c1-13(2,3)21-11(19)16-17(12(20)22-14(4,5)6)15(10-18)8-7-9-15/h10H,7-9H2,1-6H3,(H,16,19). The van der Waals surface area contributed by atoms with Crippen molar-refractivity contribution in [2.75, 3.05) is 0 Å². The summed E-state index contributed by atoms with van der Waals surface area (Å²) in [6.07, 6.45) is 0.861. The van der Waals surface area contributed by atoms with Gasteiger partial charge in [-0.15, -0.1) is 0 Å². The normalized spacial score (nSPS) is 17.0. The van der Waals surface area contributed by atoms with Gasteiger partial charge in [-0.2, -0.15) is 0 Å². The van der Waals surface area contributed by atoms with Crippen molar-refractivity contribution in [2.45, 2.75) is 77.5 Å². The molecule has 0 aromatic heterocycles. The van der Waals surface area contributed by atoms with E-state index in [0.717, 1.165) is 11.4 Å². The van der Waals surface area contributed by atoms with Crippen molar-refractivity contribution in [1.29, 1.82) is 0 Å². The Hall–Kier alpha value is -1.79. The minimum atomic E-state index is -1.06. The topological polar surface area (TPSA) is 84.9 Å². The monoisotopic (exact) mass is 314 g/mol. The summed E-state index contributed by atoms with van der Waals surface area (Å²) in [5, 5.41) is 0.961. The van der Waals surface area contributed by atoms with Crippen molar-refractivity contribution in [3.05, 3.63) is 0 Å². The van der Waals surface area contributed by atoms with Crippen LogP contribution in [0, 0.1) is 0 Å². The molecule has 0 heterocycles. The first-order chi connectivity index (χ1) is 9.88. The van der Waals surface area contributed by atoms with Crippen LogP contribution in [0.15, 0.2) is 0 Å². The molecule has 7 heteroatoms. The zero-order valence-corrected chi connectivity index (χ0v) is 14.2. The molecule has 22 heavy (non-hydrogen) atoms. The lowest BCUT2D eigenvalue weighted by Gasteiger charge is -2.45. The third-order valence-corrected chi connectivity index (χ3v) is 3.06. The van der Waals surface area contributed by atoms with Gasteiger partial charge in [0.2, 0.25) is 0 Å². The average molecular weight is 314 g/mol. The number of amides is 2. The van der Waals surface area contributed by atoms with Gasteiger partial charge in [-0.25, -0.2) is 20.0 Å². The molecule has 2 amide bonds. The van der Waals surface area contributed by atoms with E-state index in [0.29, 0.717) is 19.1 Å². The third-order valence-electron chi connectivity index (χ3n) is 3.06. The summed E-state index contributed by atoms with van der Waals surface area (Å²) in [6, 6.07) is 0. The van der Waals surface area contributed by atoms with Crippen molar-refractivity contribution < 1.29 is 23.9 Å². The molecular weight excluding hydrogens is 288 g/mol. The molecule has 1 saturated carbocycles. The highest BCUT2D eigenvalue weighted by atomic mass is 16.6. The molecule has 126 valence electrons. The molecule has 0 atom stereocenters. The van der Waals surface area contributed by atoms with Gasteiger partial charge in [-0.1, -0.05) is 0 Å². The summed E-state index contributed by atoms with van der Waals surface area (Å²) in [5.74, 6) is 0. The number of hydrogen-bond acceptors (Lipinski definition) is 5. The molecule has 1 rings (SSSR count). The van der Waals surface area contributed by atoms with E-state index in [-0.39, 0.29) is 0 Å². The Morgan fingerprint density at radius 1 is 1.05 bits per heavy atom. The second kappa shape index (κ2) is 6.14. The van der Waals surface area contributed by atoms with Gasteiger partial charge in [0.05, 0.1) is 0 Å². The molecule has 0 aromatic rings. The van der Waals surface area contributed by atoms with E-state index in [1.54, 1.807) is 41.5 Å². The van der Waals surface area contributed by atoms with Crippen LogP contribution in [-0.4, -0.2) is 40.2 Å². The molecule has 0 radical (unpaired) electrons. The lowest BCUT2D eigenvalue weighted by atomic mass is 9.77. The molecule has 1 fully saturated rings. The van der Waals surface area contributed by atoms with Crippen LogP contribution in [0.25, 0.3) is 0 Å². The number of hydrogen-bond donors (Lipinski definition) is 1. The second-order valence-electron chi connectivity index (χ2n) is 7.50. The number of ether oxygens (including phenoxy) is 2. The van der Waals surface area contributed by atoms with Gasteiger partial charge in [0.1, 0.15) is 23.0 Å². The van der Waals surface area contributed by atoms with E-state index < -0.39 is 28.9 Å². The summed E-state index contributed by atoms with van der Waals surface area (Å²) in [4.78, 5) is 35.7. The predicted octanol–water partition coefficient (Wildman–Crippen LogP) is 2.78. The van der Waals surface area contributed by atoms with Crippen molar-refractivity contribution in [3.63, 3.8) is 0 Å². The number of nitrogens with one attached hydrogen (secondary N) is 1. The molecule has 0 unspecified atom stereocenters. The van der Waals surface area contributed by atoms with Crippen molar-refractivity contribution in [2.24, 2.45) is 0 Å². The largest absolute Gasteiger partial charge is 0.443 e. The van der Waals surface area contributed by atoms with Gasteiger partial charge >= 0.3 is 12.2 Å². The van der Waals surface area contributed by atoms with Gasteiger partial charge in [-0.05, 0) is 60.8 Å². The van der Waals surface area contributed by atoms with Crippen LogP contribution in [-0.2, 0) is 14.3 Å². The molecule has 0 saturated heterocycles. The third kappa shape index (κ3) is 4.89. The van der Waals surface area contributed by atoms with Crippen LogP contribution in [0.2, 0.25) is 0 Å². The fourth-order valence-corrected chi connectivity index (χ4v) is 1.97. The lowest BCUT2D eigenvalue weighted by Crippen LogP contribution is -2.65. The van der Waals surface area contributed by atoms with Gasteiger partial charge in [-0.3, -0.25) is 0 Å². The first-order valence-electron chi connectivity index (χ1n) is 7.38. The highest BCUT2D eigenvalue weighted by Crippen LogP contribution is 2.35. The molecular formula is C15H26N2O5. The van der Waals surface area contributed by atoms with E-state index in [2.05, 4.69) is 5.43 Å². The fourth-order valence-electron chi connectivity index (χ4n) is 1.97.